The molecule has 5 nitrogen and oxygen atoms in total. The van der Waals surface area contributed by atoms with E-state index in [2.05, 4.69) is 15.6 Å². The molecule has 3 rings (SSSR count). The van der Waals surface area contributed by atoms with Gasteiger partial charge in [0.25, 0.3) is 5.91 Å². The first-order valence-corrected chi connectivity index (χ1v) is 8.04. The summed E-state index contributed by atoms with van der Waals surface area (Å²) in [5, 5.41) is 5.91. The molecule has 132 valence electrons. The van der Waals surface area contributed by atoms with Crippen molar-refractivity contribution >= 4 is 17.4 Å². The Morgan fingerprint density at radius 2 is 1.81 bits per heavy atom. The van der Waals surface area contributed by atoms with Crippen LogP contribution in [0.15, 0.2) is 66.9 Å². The highest BCUT2D eigenvalue weighted by Crippen LogP contribution is 2.15. The Hall–Kier alpha value is -3.41. The van der Waals surface area contributed by atoms with E-state index in [4.69, 9.17) is 4.74 Å². The highest BCUT2D eigenvalue weighted by atomic mass is 19.1. The Kier molecular flexibility index (Phi) is 5.43. The molecule has 1 amide bonds. The van der Waals surface area contributed by atoms with Gasteiger partial charge < -0.3 is 15.4 Å². The number of halogens is 1. The molecule has 0 spiro atoms. The Bertz CT molecular complexity index is 880. The van der Waals surface area contributed by atoms with Crippen LogP contribution in [0, 0.1) is 5.82 Å². The van der Waals surface area contributed by atoms with Gasteiger partial charge >= 0.3 is 0 Å². The Balaban J connectivity index is 1.63. The zero-order valence-electron chi connectivity index (χ0n) is 14.2. The van der Waals surface area contributed by atoms with Gasteiger partial charge in [-0.3, -0.25) is 4.79 Å². The number of nitrogens with one attached hydrogen (secondary N) is 2. The summed E-state index contributed by atoms with van der Waals surface area (Å²) in [6, 6.07) is 16.6. The lowest BCUT2D eigenvalue weighted by Gasteiger charge is -2.09. The quantitative estimate of drug-likeness (QED) is 0.702. The monoisotopic (exact) mass is 351 g/mol. The van der Waals surface area contributed by atoms with Crippen LogP contribution in [-0.2, 0) is 6.54 Å². The predicted molar refractivity (Wildman–Crippen MR) is 98.9 cm³/mol. The highest BCUT2D eigenvalue weighted by molar-refractivity contribution is 6.04. The van der Waals surface area contributed by atoms with Crippen molar-refractivity contribution in [2.75, 3.05) is 17.7 Å². The van der Waals surface area contributed by atoms with Crippen molar-refractivity contribution in [2.45, 2.75) is 6.54 Å². The normalized spacial score (nSPS) is 10.2. The Morgan fingerprint density at radius 1 is 1.08 bits per heavy atom. The predicted octanol–water partition coefficient (Wildman–Crippen LogP) is 4.09. The number of hydrogen-bond acceptors (Lipinski definition) is 4. The van der Waals surface area contributed by atoms with E-state index in [9.17, 15) is 9.18 Å². The van der Waals surface area contributed by atoms with E-state index >= 15 is 0 Å². The smallest absolute Gasteiger partial charge is 0.255 e. The largest absolute Gasteiger partial charge is 0.497 e. The van der Waals surface area contributed by atoms with Crippen molar-refractivity contribution in [1.29, 1.82) is 0 Å². The number of nitrogens with zero attached hydrogens (tertiary/aromatic N) is 1. The molecule has 2 N–H and O–H groups in total. The third-order valence-electron chi connectivity index (χ3n) is 3.76. The van der Waals surface area contributed by atoms with Crippen LogP contribution in [0.1, 0.15) is 15.9 Å². The molecular weight excluding hydrogens is 333 g/mol. The molecule has 2 aromatic carbocycles. The van der Waals surface area contributed by atoms with Crippen LogP contribution in [0.4, 0.5) is 15.9 Å². The minimum atomic E-state index is -0.350. The van der Waals surface area contributed by atoms with Gasteiger partial charge in [0.2, 0.25) is 0 Å². The highest BCUT2D eigenvalue weighted by Gasteiger charge is 2.08. The van der Waals surface area contributed by atoms with Crippen LogP contribution < -0.4 is 15.4 Å². The van der Waals surface area contributed by atoms with Gasteiger partial charge in [-0.1, -0.05) is 12.1 Å². The second kappa shape index (κ2) is 8.11. The summed E-state index contributed by atoms with van der Waals surface area (Å²) in [6.07, 6.45) is 1.57. The van der Waals surface area contributed by atoms with Gasteiger partial charge in [-0.15, -0.1) is 0 Å². The molecule has 1 heterocycles. The van der Waals surface area contributed by atoms with Crippen LogP contribution in [0.2, 0.25) is 0 Å². The zero-order chi connectivity index (χ0) is 18.4. The second-order valence-electron chi connectivity index (χ2n) is 5.59. The number of methoxy groups -OCH3 is 1. The van der Waals surface area contributed by atoms with Crippen molar-refractivity contribution in [3.8, 4) is 5.75 Å². The number of amides is 1. The zero-order valence-corrected chi connectivity index (χ0v) is 14.2. The van der Waals surface area contributed by atoms with Gasteiger partial charge in [-0.05, 0) is 54.1 Å². The lowest BCUT2D eigenvalue weighted by Crippen LogP contribution is -2.12. The van der Waals surface area contributed by atoms with Gasteiger partial charge in [0.15, 0.2) is 0 Å². The number of ether oxygens (including phenoxy) is 1. The number of hydrogen-bond donors (Lipinski definition) is 2. The molecular formula is C20H18FN3O2. The molecule has 0 aliphatic rings. The average Bonchev–Trinajstić information content (AvgIpc) is 2.69. The maximum absolute atomic E-state index is 12.9. The molecule has 0 saturated carbocycles. The SMILES string of the molecule is COc1ccc(CNc2cc(C(=O)Nc3ccc(F)cc3)ccn2)cc1. The average molecular weight is 351 g/mol. The van der Waals surface area contributed by atoms with Crippen LogP contribution in [0.25, 0.3) is 0 Å². The maximum atomic E-state index is 12.9. The summed E-state index contributed by atoms with van der Waals surface area (Å²) < 4.78 is 18.1. The molecule has 0 aliphatic heterocycles. The fraction of sp³-hybridized carbons (Fsp3) is 0.100. The van der Waals surface area contributed by atoms with Gasteiger partial charge in [0.1, 0.15) is 17.4 Å². The van der Waals surface area contributed by atoms with Crippen molar-refractivity contribution in [3.63, 3.8) is 0 Å². The third-order valence-corrected chi connectivity index (χ3v) is 3.76. The standard InChI is InChI=1S/C20H18FN3O2/c1-26-18-8-2-14(3-9-18)13-23-19-12-15(10-11-22-19)20(25)24-17-6-4-16(21)5-7-17/h2-12H,13H2,1H3,(H,22,23)(H,24,25). The molecule has 0 radical (unpaired) electrons. The van der Waals surface area contributed by atoms with E-state index < -0.39 is 0 Å². The van der Waals surface area contributed by atoms with E-state index in [0.29, 0.717) is 23.6 Å². The number of pyridine rings is 1. The molecule has 0 aliphatic carbocycles. The summed E-state index contributed by atoms with van der Waals surface area (Å²) in [7, 11) is 1.62. The van der Waals surface area contributed by atoms with E-state index in [0.717, 1.165) is 11.3 Å². The summed E-state index contributed by atoms with van der Waals surface area (Å²) in [6.45, 7) is 0.569. The number of carbonyl (C=O) groups excluding carboxylic acids is 1. The van der Waals surface area contributed by atoms with Crippen LogP contribution in [0.3, 0.4) is 0 Å². The van der Waals surface area contributed by atoms with Crippen LogP contribution in [-0.4, -0.2) is 18.0 Å². The minimum Gasteiger partial charge on any atom is -0.497 e. The maximum Gasteiger partial charge on any atom is 0.255 e. The molecule has 3 aromatic rings. The summed E-state index contributed by atoms with van der Waals surface area (Å²) in [5.74, 6) is 0.752. The molecule has 6 heteroatoms. The van der Waals surface area contributed by atoms with E-state index in [-0.39, 0.29) is 11.7 Å². The van der Waals surface area contributed by atoms with Crippen molar-refractivity contribution < 1.29 is 13.9 Å². The van der Waals surface area contributed by atoms with Crippen molar-refractivity contribution in [1.82, 2.24) is 4.98 Å². The molecule has 0 unspecified atom stereocenters. The van der Waals surface area contributed by atoms with Gasteiger partial charge in [-0.25, -0.2) is 9.37 Å². The van der Waals surface area contributed by atoms with Gasteiger partial charge in [0, 0.05) is 24.0 Å². The minimum absolute atomic E-state index is 0.286. The molecule has 0 saturated heterocycles. The first-order chi connectivity index (χ1) is 12.6. The van der Waals surface area contributed by atoms with E-state index in [1.807, 2.05) is 24.3 Å². The van der Waals surface area contributed by atoms with E-state index in [1.165, 1.54) is 24.3 Å². The van der Waals surface area contributed by atoms with Gasteiger partial charge in [0.05, 0.1) is 7.11 Å². The number of rotatable bonds is 6. The molecule has 0 bridgehead atoms. The Morgan fingerprint density at radius 3 is 2.50 bits per heavy atom. The van der Waals surface area contributed by atoms with Crippen LogP contribution >= 0.6 is 0 Å². The summed E-state index contributed by atoms with van der Waals surface area (Å²) in [5.41, 5.74) is 2.05. The lowest BCUT2D eigenvalue weighted by molar-refractivity contribution is 0.102. The number of carbonyl (C=O) groups is 1. The van der Waals surface area contributed by atoms with Crippen LogP contribution in [0.5, 0.6) is 5.75 Å². The summed E-state index contributed by atoms with van der Waals surface area (Å²) >= 11 is 0. The molecule has 26 heavy (non-hydrogen) atoms. The Labute approximate surface area is 150 Å². The fourth-order valence-corrected chi connectivity index (χ4v) is 2.34. The lowest BCUT2D eigenvalue weighted by atomic mass is 10.2. The van der Waals surface area contributed by atoms with Gasteiger partial charge in [-0.2, -0.15) is 0 Å². The molecule has 0 atom stereocenters. The third kappa shape index (κ3) is 4.57. The summed E-state index contributed by atoms with van der Waals surface area (Å²) in [4.78, 5) is 16.5. The number of anilines is 2. The first-order valence-electron chi connectivity index (χ1n) is 8.04. The number of benzene rings is 2. The first kappa shape index (κ1) is 17.4. The van der Waals surface area contributed by atoms with E-state index in [1.54, 1.807) is 25.4 Å². The topological polar surface area (TPSA) is 63.2 Å². The molecule has 1 aromatic heterocycles. The van der Waals surface area contributed by atoms with Crippen molar-refractivity contribution in [3.05, 3.63) is 83.8 Å². The molecule has 0 fully saturated rings. The number of aromatic nitrogens is 1. The van der Waals surface area contributed by atoms with Crippen molar-refractivity contribution in [2.24, 2.45) is 0 Å². The second-order valence-corrected chi connectivity index (χ2v) is 5.59. The fourth-order valence-electron chi connectivity index (χ4n) is 2.34.